The third-order valence-corrected chi connectivity index (χ3v) is 8.89. The number of anilines is 1. The molecule has 1 heterocycles. The third kappa shape index (κ3) is 14.1. The van der Waals surface area contributed by atoms with Gasteiger partial charge in [-0.15, -0.1) is 0 Å². The van der Waals surface area contributed by atoms with E-state index in [4.69, 9.17) is 10.5 Å². The molecule has 0 amide bonds. The molecule has 0 aliphatic rings. The first kappa shape index (κ1) is 36.1. The summed E-state index contributed by atoms with van der Waals surface area (Å²) in [5.74, 6) is 2.31. The molecule has 4 nitrogen and oxygen atoms in total. The average molecular weight is 612 g/mol. The Balaban J connectivity index is 1.37. The van der Waals surface area contributed by atoms with E-state index < -0.39 is 0 Å². The molecule has 0 saturated heterocycles. The number of pyridine rings is 1. The summed E-state index contributed by atoms with van der Waals surface area (Å²) in [4.78, 5) is 12.9. The Morgan fingerprint density at radius 3 is 2.18 bits per heavy atom. The van der Waals surface area contributed by atoms with E-state index in [9.17, 15) is 4.79 Å². The number of benzene rings is 2. The summed E-state index contributed by atoms with van der Waals surface area (Å²) in [6, 6.07) is 20.0. The zero-order valence-electron chi connectivity index (χ0n) is 28.8. The first-order chi connectivity index (χ1) is 21.7. The van der Waals surface area contributed by atoms with Gasteiger partial charge in [-0.2, -0.15) is 4.57 Å². The lowest BCUT2D eigenvalue weighted by molar-refractivity contribution is -0.661. The van der Waals surface area contributed by atoms with E-state index in [-0.39, 0.29) is 12.5 Å². The first-order valence-corrected chi connectivity index (χ1v) is 17.5. The molecule has 1 aromatic heterocycles. The van der Waals surface area contributed by atoms with Gasteiger partial charge in [0.2, 0.25) is 17.8 Å². The number of ether oxygens (including phenoxy) is 1. The molecule has 0 aliphatic heterocycles. The molecule has 0 bridgehead atoms. The Labute approximate surface area is 273 Å². The van der Waals surface area contributed by atoms with Gasteiger partial charge in [0.25, 0.3) is 0 Å². The topological polar surface area (TPSA) is 56.2 Å². The molecule has 0 aliphatic carbocycles. The van der Waals surface area contributed by atoms with Gasteiger partial charge in [-0.05, 0) is 86.3 Å². The summed E-state index contributed by atoms with van der Waals surface area (Å²) in [7, 11) is 0. The predicted molar refractivity (Wildman–Crippen MR) is 193 cm³/mol. The molecule has 2 aromatic carbocycles. The number of carbonyl (C=O) groups excluding carboxylic acids is 1. The molecule has 2 unspecified atom stereocenters. The largest absolute Gasteiger partial charge is 0.461 e. The molecule has 3 aromatic rings. The van der Waals surface area contributed by atoms with Crippen molar-refractivity contribution in [2.75, 3.05) is 12.3 Å². The second-order valence-corrected chi connectivity index (χ2v) is 13.7. The second kappa shape index (κ2) is 19.9. The van der Waals surface area contributed by atoms with Crippen LogP contribution in [0.3, 0.4) is 0 Å². The van der Waals surface area contributed by atoms with E-state index in [1.54, 1.807) is 0 Å². The summed E-state index contributed by atoms with van der Waals surface area (Å²) >= 11 is 0. The number of nitrogen functional groups attached to an aromatic ring is 1. The SMILES string of the molecule is C/C(=C\CCCOC(=O)C[n+]1c(/C=C/c2ccc(N)cc2)ccc2ccccc21)CCCC(C)CCCC(C)CCCC(C)C. The number of aromatic nitrogens is 1. The fourth-order valence-electron chi connectivity index (χ4n) is 5.99. The lowest BCUT2D eigenvalue weighted by Crippen LogP contribution is -2.42. The summed E-state index contributed by atoms with van der Waals surface area (Å²) in [5, 5.41) is 1.09. The standard InChI is InChI=1S/C41H58N2O2/c1-32(2)13-10-15-34(4)17-12-19-35(5)18-11-16-33(3)14-8-9-30-45-41(44)31-43-39(28-24-36-22-26-38(42)27-23-36)29-25-37-20-6-7-21-40(37)43/h6-7,14,20-29,32,34-35,42H,8-13,15-19,30-31H2,1-5H3/p+1/b33-14+. The van der Waals surface area contributed by atoms with Crippen molar-refractivity contribution in [3.8, 4) is 0 Å². The van der Waals surface area contributed by atoms with Gasteiger partial charge in [0, 0.05) is 29.3 Å². The van der Waals surface area contributed by atoms with Crippen LogP contribution in [0.1, 0.15) is 117 Å². The molecule has 2 atom stereocenters. The van der Waals surface area contributed by atoms with Crippen molar-refractivity contribution in [1.82, 2.24) is 0 Å². The van der Waals surface area contributed by atoms with Crippen LogP contribution in [0.15, 0.2) is 72.3 Å². The molecule has 3 rings (SSSR count). The van der Waals surface area contributed by atoms with Crippen molar-refractivity contribution in [2.24, 2.45) is 17.8 Å². The van der Waals surface area contributed by atoms with Gasteiger partial charge in [0.1, 0.15) is 0 Å². The Morgan fingerprint density at radius 2 is 1.47 bits per heavy atom. The summed E-state index contributed by atoms with van der Waals surface area (Å²) in [6.45, 7) is 12.4. The van der Waals surface area contributed by atoms with Crippen molar-refractivity contribution < 1.29 is 14.1 Å². The molecule has 0 saturated carbocycles. The Morgan fingerprint density at radius 1 is 0.800 bits per heavy atom. The van der Waals surface area contributed by atoms with Crippen LogP contribution in [0.4, 0.5) is 5.69 Å². The van der Waals surface area contributed by atoms with E-state index in [2.05, 4.69) is 52.8 Å². The minimum absolute atomic E-state index is 0.173. The van der Waals surface area contributed by atoms with Crippen molar-refractivity contribution in [2.45, 2.75) is 112 Å². The van der Waals surface area contributed by atoms with Gasteiger partial charge in [0.15, 0.2) is 0 Å². The Bertz CT molecular complexity index is 1360. The minimum Gasteiger partial charge on any atom is -0.461 e. The van der Waals surface area contributed by atoms with Crippen LogP contribution < -0.4 is 10.3 Å². The van der Waals surface area contributed by atoms with Crippen molar-refractivity contribution in [1.29, 1.82) is 0 Å². The van der Waals surface area contributed by atoms with Gasteiger partial charge in [-0.3, -0.25) is 0 Å². The van der Waals surface area contributed by atoms with Crippen LogP contribution in [0.25, 0.3) is 23.1 Å². The number of hydrogen-bond acceptors (Lipinski definition) is 3. The zero-order chi connectivity index (χ0) is 32.4. The number of esters is 1. The molecular weight excluding hydrogens is 552 g/mol. The van der Waals surface area contributed by atoms with Gasteiger partial charge in [-0.1, -0.05) is 109 Å². The maximum atomic E-state index is 12.9. The van der Waals surface area contributed by atoms with E-state index in [1.807, 2.05) is 65.3 Å². The number of carbonyl (C=O) groups is 1. The summed E-state index contributed by atoms with van der Waals surface area (Å²) < 4.78 is 7.71. The molecule has 4 heteroatoms. The third-order valence-electron chi connectivity index (χ3n) is 8.89. The maximum Gasteiger partial charge on any atom is 0.372 e. The first-order valence-electron chi connectivity index (χ1n) is 17.5. The zero-order valence-corrected chi connectivity index (χ0v) is 28.8. The van der Waals surface area contributed by atoms with E-state index >= 15 is 0 Å². The Hall–Kier alpha value is -3.40. The van der Waals surface area contributed by atoms with E-state index in [1.165, 1.54) is 63.4 Å². The Kier molecular flexibility index (Phi) is 15.9. The number of nitrogens with two attached hydrogens (primary N) is 1. The van der Waals surface area contributed by atoms with Crippen LogP contribution >= 0.6 is 0 Å². The van der Waals surface area contributed by atoms with Gasteiger partial charge in [0.05, 0.1) is 6.61 Å². The van der Waals surface area contributed by atoms with E-state index in [0.717, 1.165) is 58.4 Å². The van der Waals surface area contributed by atoms with Gasteiger partial charge < -0.3 is 10.5 Å². The quantitative estimate of drug-likeness (QED) is 0.0455. The number of allylic oxidation sites excluding steroid dienone is 2. The number of fused-ring (bicyclic) bond motifs is 1. The maximum absolute atomic E-state index is 12.9. The molecule has 45 heavy (non-hydrogen) atoms. The minimum atomic E-state index is -0.210. The molecule has 0 fully saturated rings. The highest BCUT2D eigenvalue weighted by Crippen LogP contribution is 2.22. The summed E-state index contributed by atoms with van der Waals surface area (Å²) in [6.07, 6.45) is 20.2. The monoisotopic (exact) mass is 611 g/mol. The smallest absolute Gasteiger partial charge is 0.372 e. The highest BCUT2D eigenvalue weighted by atomic mass is 16.5. The van der Waals surface area contributed by atoms with Crippen LogP contribution in [-0.2, 0) is 16.1 Å². The number of para-hydroxylation sites is 1. The number of unbranched alkanes of at least 4 members (excludes halogenated alkanes) is 1. The fraction of sp³-hybridized carbons (Fsp3) is 0.512. The number of nitrogens with zero attached hydrogens (tertiary/aromatic N) is 1. The van der Waals surface area contributed by atoms with Gasteiger partial charge in [-0.25, -0.2) is 4.79 Å². The predicted octanol–water partition coefficient (Wildman–Crippen LogP) is 10.6. The highest BCUT2D eigenvalue weighted by Gasteiger charge is 2.19. The van der Waals surface area contributed by atoms with Crippen molar-refractivity contribution in [3.05, 3.63) is 83.6 Å². The molecule has 244 valence electrons. The van der Waals surface area contributed by atoms with Crippen molar-refractivity contribution in [3.63, 3.8) is 0 Å². The van der Waals surface area contributed by atoms with Crippen LogP contribution in [0, 0.1) is 17.8 Å². The normalized spacial score (nSPS) is 13.5. The molecule has 0 spiro atoms. The second-order valence-electron chi connectivity index (χ2n) is 13.7. The van der Waals surface area contributed by atoms with Crippen LogP contribution in [0.5, 0.6) is 0 Å². The molecular formula is C41H59N2O2+. The number of hydrogen-bond donors (Lipinski definition) is 1. The van der Waals surface area contributed by atoms with Gasteiger partial charge >= 0.3 is 5.97 Å². The lowest BCUT2D eigenvalue weighted by Gasteiger charge is -2.15. The molecule has 2 N–H and O–H groups in total. The number of rotatable bonds is 20. The highest BCUT2D eigenvalue weighted by molar-refractivity contribution is 5.78. The fourth-order valence-corrected chi connectivity index (χ4v) is 5.99. The van der Waals surface area contributed by atoms with Crippen LogP contribution in [-0.4, -0.2) is 12.6 Å². The average Bonchev–Trinajstić information content (AvgIpc) is 3.01. The molecule has 0 radical (unpaired) electrons. The van der Waals surface area contributed by atoms with E-state index in [0.29, 0.717) is 6.61 Å². The lowest BCUT2D eigenvalue weighted by atomic mass is 9.91. The van der Waals surface area contributed by atoms with Crippen LogP contribution in [0.2, 0.25) is 0 Å². The summed E-state index contributed by atoms with van der Waals surface area (Å²) in [5.41, 5.74) is 11.0. The van der Waals surface area contributed by atoms with Crippen molar-refractivity contribution >= 4 is 34.7 Å².